The first kappa shape index (κ1) is 13.9. The molecule has 1 aliphatic carbocycles. The van der Waals surface area contributed by atoms with E-state index in [4.69, 9.17) is 4.74 Å². The third-order valence-corrected chi connectivity index (χ3v) is 3.38. The lowest BCUT2D eigenvalue weighted by Gasteiger charge is -2.10. The summed E-state index contributed by atoms with van der Waals surface area (Å²) in [6, 6.07) is 8.09. The van der Waals surface area contributed by atoms with Crippen molar-refractivity contribution in [3.63, 3.8) is 0 Å². The topological polar surface area (TPSA) is 21.6 Å². The van der Waals surface area contributed by atoms with Gasteiger partial charge in [0.25, 0.3) is 0 Å². The Morgan fingerprint density at radius 1 is 1.21 bits per heavy atom. The lowest BCUT2D eigenvalue weighted by molar-refractivity contribution is 0.340. The third kappa shape index (κ3) is 4.90. The van der Waals surface area contributed by atoms with Crippen molar-refractivity contribution in [2.45, 2.75) is 39.0 Å². The Morgan fingerprint density at radius 3 is 2.74 bits per heavy atom. The molecule has 0 N–H and O–H groups in total. The number of aliphatic imine (C=N–C) groups is 1. The fourth-order valence-corrected chi connectivity index (χ4v) is 2.33. The summed E-state index contributed by atoms with van der Waals surface area (Å²) in [4.78, 5) is 4.50. The highest BCUT2D eigenvalue weighted by Crippen LogP contribution is 2.19. The molecule has 0 bridgehead atoms. The summed E-state index contributed by atoms with van der Waals surface area (Å²) in [6.45, 7) is 3.61. The Labute approximate surface area is 116 Å². The first-order valence-corrected chi connectivity index (χ1v) is 7.29. The van der Waals surface area contributed by atoms with E-state index in [1.807, 2.05) is 37.4 Å². The van der Waals surface area contributed by atoms with Gasteiger partial charge in [-0.05, 0) is 68.9 Å². The average molecular weight is 257 g/mol. The lowest BCUT2D eigenvalue weighted by Crippen LogP contribution is -1.94. The molecule has 19 heavy (non-hydrogen) atoms. The second-order valence-corrected chi connectivity index (χ2v) is 4.90. The van der Waals surface area contributed by atoms with Crippen LogP contribution in [0.4, 0.5) is 0 Å². The largest absolute Gasteiger partial charge is 0.494 e. The van der Waals surface area contributed by atoms with E-state index in [9.17, 15) is 0 Å². The predicted molar refractivity (Wildman–Crippen MR) is 81.2 cm³/mol. The first-order valence-electron chi connectivity index (χ1n) is 7.29. The van der Waals surface area contributed by atoms with Crippen molar-refractivity contribution in [1.82, 2.24) is 0 Å². The Kier molecular flexibility index (Phi) is 5.67. The minimum atomic E-state index is 0.711. The smallest absolute Gasteiger partial charge is 0.119 e. The fourth-order valence-electron chi connectivity index (χ4n) is 2.33. The van der Waals surface area contributed by atoms with Crippen molar-refractivity contribution in [2.24, 2.45) is 4.99 Å². The normalized spacial score (nSPS) is 15.5. The molecule has 2 nitrogen and oxygen atoms in total. The zero-order chi connectivity index (χ0) is 13.3. The molecule has 102 valence electrons. The number of rotatable bonds is 6. The van der Waals surface area contributed by atoms with E-state index in [2.05, 4.69) is 11.1 Å². The van der Waals surface area contributed by atoms with Crippen molar-refractivity contribution in [1.29, 1.82) is 0 Å². The van der Waals surface area contributed by atoms with Gasteiger partial charge >= 0.3 is 0 Å². The van der Waals surface area contributed by atoms with Crippen molar-refractivity contribution < 1.29 is 4.74 Å². The summed E-state index contributed by atoms with van der Waals surface area (Å²) in [5.74, 6) is 0.923. The Balaban J connectivity index is 1.76. The van der Waals surface area contributed by atoms with Gasteiger partial charge in [0.05, 0.1) is 6.61 Å². The van der Waals surface area contributed by atoms with E-state index in [1.165, 1.54) is 25.7 Å². The molecule has 0 amide bonds. The zero-order valence-corrected chi connectivity index (χ0v) is 11.8. The van der Waals surface area contributed by atoms with Crippen LogP contribution in [0.2, 0.25) is 0 Å². The van der Waals surface area contributed by atoms with Crippen LogP contribution in [0.25, 0.3) is 0 Å². The summed E-state index contributed by atoms with van der Waals surface area (Å²) < 4.78 is 5.41. The second kappa shape index (κ2) is 7.78. The van der Waals surface area contributed by atoms with E-state index >= 15 is 0 Å². The molecule has 0 unspecified atom stereocenters. The van der Waals surface area contributed by atoms with Crippen molar-refractivity contribution in [2.75, 3.05) is 13.2 Å². The average Bonchev–Trinajstić information content (AvgIpc) is 2.47. The lowest BCUT2D eigenvalue weighted by atomic mass is 9.97. The summed E-state index contributed by atoms with van der Waals surface area (Å²) in [6.07, 6.45) is 10.7. The van der Waals surface area contributed by atoms with Gasteiger partial charge in [-0.1, -0.05) is 11.6 Å². The maximum atomic E-state index is 5.41. The maximum Gasteiger partial charge on any atom is 0.119 e. The summed E-state index contributed by atoms with van der Waals surface area (Å²) in [7, 11) is 0. The van der Waals surface area contributed by atoms with Gasteiger partial charge in [-0.2, -0.15) is 0 Å². The van der Waals surface area contributed by atoms with Crippen LogP contribution in [0, 0.1) is 0 Å². The molecule has 0 spiro atoms. The van der Waals surface area contributed by atoms with Gasteiger partial charge in [-0.25, -0.2) is 0 Å². The van der Waals surface area contributed by atoms with E-state index in [0.717, 1.165) is 24.3 Å². The van der Waals surface area contributed by atoms with Gasteiger partial charge in [-0.15, -0.1) is 0 Å². The fraction of sp³-hybridized carbons (Fsp3) is 0.471. The van der Waals surface area contributed by atoms with Crippen molar-refractivity contribution >= 4 is 6.21 Å². The third-order valence-electron chi connectivity index (χ3n) is 3.38. The second-order valence-electron chi connectivity index (χ2n) is 4.90. The van der Waals surface area contributed by atoms with Crippen LogP contribution < -0.4 is 4.74 Å². The summed E-state index contributed by atoms with van der Waals surface area (Å²) in [5.41, 5.74) is 2.73. The van der Waals surface area contributed by atoms with Gasteiger partial charge in [0, 0.05) is 12.8 Å². The van der Waals surface area contributed by atoms with Gasteiger partial charge in [0.15, 0.2) is 0 Å². The molecule has 0 aromatic heterocycles. The zero-order valence-electron chi connectivity index (χ0n) is 11.8. The van der Waals surface area contributed by atoms with Gasteiger partial charge in [0.1, 0.15) is 5.75 Å². The molecule has 0 saturated heterocycles. The van der Waals surface area contributed by atoms with Crippen LogP contribution in [0.15, 0.2) is 40.9 Å². The van der Waals surface area contributed by atoms with E-state index < -0.39 is 0 Å². The van der Waals surface area contributed by atoms with Crippen LogP contribution in [-0.2, 0) is 0 Å². The Hall–Kier alpha value is -1.57. The van der Waals surface area contributed by atoms with Crippen LogP contribution in [-0.4, -0.2) is 19.4 Å². The predicted octanol–water partition coefficient (Wildman–Crippen LogP) is 4.39. The van der Waals surface area contributed by atoms with Crippen molar-refractivity contribution in [3.05, 3.63) is 41.5 Å². The molecule has 1 aromatic carbocycles. The van der Waals surface area contributed by atoms with Gasteiger partial charge in [0.2, 0.25) is 0 Å². The van der Waals surface area contributed by atoms with E-state index in [0.29, 0.717) is 6.61 Å². The molecule has 0 fully saturated rings. The van der Waals surface area contributed by atoms with Crippen LogP contribution in [0.5, 0.6) is 5.75 Å². The molecular weight excluding hydrogens is 234 g/mol. The molecule has 1 aromatic rings. The molecule has 0 atom stereocenters. The molecule has 0 heterocycles. The molecular formula is C17H23NO. The number of benzene rings is 1. The highest BCUT2D eigenvalue weighted by atomic mass is 16.5. The standard InChI is InChI=1S/C17H23NO/c1-2-19-17-10-8-16(9-11-17)14-18-13-12-15-6-4-3-5-7-15/h6,8-11,14H,2-5,7,12-13H2,1H3. The highest BCUT2D eigenvalue weighted by Gasteiger charge is 2.02. The SMILES string of the molecule is CCOc1ccc(C=NCCC2=CCCCC2)cc1. The van der Waals surface area contributed by atoms with Crippen LogP contribution in [0.3, 0.4) is 0 Å². The number of nitrogens with zero attached hydrogens (tertiary/aromatic N) is 1. The monoisotopic (exact) mass is 257 g/mol. The Morgan fingerprint density at radius 2 is 2.05 bits per heavy atom. The van der Waals surface area contributed by atoms with E-state index in [-0.39, 0.29) is 0 Å². The number of allylic oxidation sites excluding steroid dienone is 1. The number of ether oxygens (including phenoxy) is 1. The number of hydrogen-bond donors (Lipinski definition) is 0. The molecule has 0 aliphatic heterocycles. The summed E-state index contributed by atoms with van der Waals surface area (Å²) in [5, 5.41) is 0. The van der Waals surface area contributed by atoms with E-state index in [1.54, 1.807) is 5.57 Å². The molecule has 1 aliphatic rings. The molecule has 0 radical (unpaired) electrons. The Bertz CT molecular complexity index is 431. The minimum absolute atomic E-state index is 0.711. The maximum absolute atomic E-state index is 5.41. The highest BCUT2D eigenvalue weighted by molar-refractivity contribution is 5.79. The van der Waals surface area contributed by atoms with Crippen molar-refractivity contribution in [3.8, 4) is 5.75 Å². The minimum Gasteiger partial charge on any atom is -0.494 e. The van der Waals surface area contributed by atoms with Gasteiger partial charge < -0.3 is 4.74 Å². The first-order chi connectivity index (χ1) is 9.38. The molecule has 2 rings (SSSR count). The quantitative estimate of drug-likeness (QED) is 0.547. The number of hydrogen-bond acceptors (Lipinski definition) is 2. The molecule has 2 heteroatoms. The molecule has 0 saturated carbocycles. The van der Waals surface area contributed by atoms with Crippen LogP contribution >= 0.6 is 0 Å². The van der Waals surface area contributed by atoms with Crippen LogP contribution in [0.1, 0.15) is 44.6 Å². The van der Waals surface area contributed by atoms with Gasteiger partial charge in [-0.3, -0.25) is 4.99 Å². The summed E-state index contributed by atoms with van der Waals surface area (Å²) >= 11 is 0.